The maximum atomic E-state index is 12.1. The highest BCUT2D eigenvalue weighted by Crippen LogP contribution is 2.16. The van der Waals surface area contributed by atoms with Gasteiger partial charge < -0.3 is 10.6 Å². The van der Waals surface area contributed by atoms with Crippen LogP contribution in [0.3, 0.4) is 0 Å². The van der Waals surface area contributed by atoms with Gasteiger partial charge in [-0.1, -0.05) is 36.4 Å². The molecule has 0 spiro atoms. The van der Waals surface area contributed by atoms with Crippen molar-refractivity contribution in [3.8, 4) is 0 Å². The van der Waals surface area contributed by atoms with E-state index in [9.17, 15) is 9.59 Å². The molecule has 0 aliphatic rings. The first-order valence-corrected chi connectivity index (χ1v) is 7.87. The summed E-state index contributed by atoms with van der Waals surface area (Å²) in [6.45, 7) is 5.47. The highest BCUT2D eigenvalue weighted by molar-refractivity contribution is 5.92. The molecule has 0 radical (unpaired) electrons. The first kappa shape index (κ1) is 17.5. The maximum Gasteiger partial charge on any atom is 0.244 e. The van der Waals surface area contributed by atoms with Crippen LogP contribution >= 0.6 is 0 Å². The van der Waals surface area contributed by atoms with Crippen LogP contribution in [0.15, 0.2) is 54.6 Å². The molecule has 0 heterocycles. The van der Waals surface area contributed by atoms with Gasteiger partial charge in [0.2, 0.25) is 11.8 Å². The highest BCUT2D eigenvalue weighted by Gasteiger charge is 2.09. The van der Waals surface area contributed by atoms with E-state index in [0.717, 1.165) is 22.4 Å². The van der Waals surface area contributed by atoms with Crippen molar-refractivity contribution in [1.29, 1.82) is 0 Å². The van der Waals surface area contributed by atoms with E-state index in [1.165, 1.54) is 13.0 Å². The summed E-state index contributed by atoms with van der Waals surface area (Å²) < 4.78 is 0. The van der Waals surface area contributed by atoms with Crippen LogP contribution < -0.4 is 10.6 Å². The van der Waals surface area contributed by atoms with Crippen LogP contribution in [0, 0.1) is 6.92 Å². The van der Waals surface area contributed by atoms with Crippen LogP contribution in [0.25, 0.3) is 6.08 Å². The molecule has 1 atom stereocenters. The standard InChI is InChI=1S/C20H22N2O2/c1-14-6-4-5-7-19(14)15(2)21-20(24)13-10-17-8-11-18(12-9-17)22-16(3)23/h4-13,15H,1-3H3,(H,21,24)(H,22,23)/b13-10+. The summed E-state index contributed by atoms with van der Waals surface area (Å²) in [5.74, 6) is -0.250. The zero-order chi connectivity index (χ0) is 17.5. The Morgan fingerprint density at radius 3 is 2.33 bits per heavy atom. The van der Waals surface area contributed by atoms with Crippen LogP contribution in [0.2, 0.25) is 0 Å². The second-order valence-electron chi connectivity index (χ2n) is 5.72. The molecule has 1 unspecified atom stereocenters. The van der Waals surface area contributed by atoms with Gasteiger partial charge in [0, 0.05) is 18.7 Å². The molecule has 4 nitrogen and oxygen atoms in total. The van der Waals surface area contributed by atoms with E-state index >= 15 is 0 Å². The third-order valence-electron chi connectivity index (χ3n) is 3.67. The first-order valence-electron chi connectivity index (χ1n) is 7.87. The van der Waals surface area contributed by atoms with Gasteiger partial charge in [-0.25, -0.2) is 0 Å². The molecule has 0 aliphatic carbocycles. The van der Waals surface area contributed by atoms with Crippen LogP contribution in [-0.2, 0) is 9.59 Å². The van der Waals surface area contributed by atoms with Crippen LogP contribution in [-0.4, -0.2) is 11.8 Å². The molecule has 2 aromatic carbocycles. The van der Waals surface area contributed by atoms with E-state index < -0.39 is 0 Å². The molecular formula is C20H22N2O2. The number of aryl methyl sites for hydroxylation is 1. The minimum absolute atomic E-state index is 0.0505. The van der Waals surface area contributed by atoms with Gasteiger partial charge in [0.1, 0.15) is 0 Å². The van der Waals surface area contributed by atoms with E-state index in [1.54, 1.807) is 18.2 Å². The number of hydrogen-bond acceptors (Lipinski definition) is 2. The van der Waals surface area contributed by atoms with Crippen molar-refractivity contribution in [3.05, 3.63) is 71.3 Å². The molecule has 0 aliphatic heterocycles. The third-order valence-corrected chi connectivity index (χ3v) is 3.67. The Morgan fingerprint density at radius 1 is 1.04 bits per heavy atom. The fourth-order valence-electron chi connectivity index (χ4n) is 2.46. The summed E-state index contributed by atoms with van der Waals surface area (Å²) in [5, 5.41) is 5.67. The predicted octanol–water partition coefficient (Wildman–Crippen LogP) is 3.84. The minimum Gasteiger partial charge on any atom is -0.346 e. The quantitative estimate of drug-likeness (QED) is 0.822. The number of carbonyl (C=O) groups is 2. The first-order chi connectivity index (χ1) is 11.5. The van der Waals surface area contributed by atoms with E-state index in [0.29, 0.717) is 0 Å². The molecule has 124 valence electrons. The molecule has 0 aromatic heterocycles. The van der Waals surface area contributed by atoms with Gasteiger partial charge in [0.15, 0.2) is 0 Å². The Bertz CT molecular complexity index is 748. The predicted molar refractivity (Wildman–Crippen MR) is 97.5 cm³/mol. The van der Waals surface area contributed by atoms with Crippen molar-refractivity contribution in [2.75, 3.05) is 5.32 Å². The van der Waals surface area contributed by atoms with E-state index in [1.807, 2.05) is 50.2 Å². The lowest BCUT2D eigenvalue weighted by Crippen LogP contribution is -2.25. The largest absolute Gasteiger partial charge is 0.346 e. The summed E-state index contributed by atoms with van der Waals surface area (Å²) in [6, 6.07) is 15.2. The van der Waals surface area contributed by atoms with Gasteiger partial charge in [-0.05, 0) is 48.7 Å². The summed E-state index contributed by atoms with van der Waals surface area (Å²) in [4.78, 5) is 23.0. The summed E-state index contributed by atoms with van der Waals surface area (Å²) >= 11 is 0. The van der Waals surface area contributed by atoms with Crippen LogP contribution in [0.4, 0.5) is 5.69 Å². The van der Waals surface area contributed by atoms with Crippen molar-refractivity contribution < 1.29 is 9.59 Å². The molecule has 24 heavy (non-hydrogen) atoms. The van der Waals surface area contributed by atoms with Crippen molar-refractivity contribution in [2.24, 2.45) is 0 Å². The van der Waals surface area contributed by atoms with Crippen molar-refractivity contribution in [3.63, 3.8) is 0 Å². The lowest BCUT2D eigenvalue weighted by atomic mass is 10.0. The van der Waals surface area contributed by atoms with Crippen LogP contribution in [0.5, 0.6) is 0 Å². The lowest BCUT2D eigenvalue weighted by molar-refractivity contribution is -0.117. The van der Waals surface area contributed by atoms with E-state index in [-0.39, 0.29) is 17.9 Å². The SMILES string of the molecule is CC(=O)Nc1ccc(/C=C/C(=O)NC(C)c2ccccc2C)cc1. The molecule has 2 N–H and O–H groups in total. The average Bonchev–Trinajstić information content (AvgIpc) is 2.54. The Hall–Kier alpha value is -2.88. The highest BCUT2D eigenvalue weighted by atomic mass is 16.2. The van der Waals surface area contributed by atoms with Crippen molar-refractivity contribution >= 4 is 23.6 Å². The molecule has 4 heteroatoms. The van der Waals surface area contributed by atoms with Crippen LogP contribution in [0.1, 0.15) is 36.6 Å². The van der Waals surface area contributed by atoms with Gasteiger partial charge in [0.05, 0.1) is 6.04 Å². The summed E-state index contributed by atoms with van der Waals surface area (Å²) in [6.07, 6.45) is 3.26. The maximum absolute atomic E-state index is 12.1. The average molecular weight is 322 g/mol. The number of nitrogens with one attached hydrogen (secondary N) is 2. The molecular weight excluding hydrogens is 300 g/mol. The van der Waals surface area contributed by atoms with Gasteiger partial charge in [-0.2, -0.15) is 0 Å². The normalized spacial score (nSPS) is 12.0. The van der Waals surface area contributed by atoms with Crippen molar-refractivity contribution in [2.45, 2.75) is 26.8 Å². The summed E-state index contributed by atoms with van der Waals surface area (Å²) in [7, 11) is 0. The number of amides is 2. The molecule has 2 rings (SSSR count). The fraction of sp³-hybridized carbons (Fsp3) is 0.200. The van der Waals surface area contributed by atoms with Gasteiger partial charge >= 0.3 is 0 Å². The van der Waals surface area contributed by atoms with E-state index in [2.05, 4.69) is 10.6 Å². The Balaban J connectivity index is 1.95. The molecule has 2 aromatic rings. The van der Waals surface area contributed by atoms with Gasteiger partial charge in [0.25, 0.3) is 0 Å². The molecule has 2 amide bonds. The lowest BCUT2D eigenvalue weighted by Gasteiger charge is -2.15. The number of hydrogen-bond donors (Lipinski definition) is 2. The Kier molecular flexibility index (Phi) is 5.90. The van der Waals surface area contributed by atoms with Crippen molar-refractivity contribution in [1.82, 2.24) is 5.32 Å². The topological polar surface area (TPSA) is 58.2 Å². The zero-order valence-corrected chi connectivity index (χ0v) is 14.2. The number of carbonyl (C=O) groups excluding carboxylic acids is 2. The second kappa shape index (κ2) is 8.11. The summed E-state index contributed by atoms with van der Waals surface area (Å²) in [5.41, 5.74) is 3.89. The van der Waals surface area contributed by atoms with E-state index in [4.69, 9.17) is 0 Å². The molecule has 0 saturated carbocycles. The Labute approximate surface area is 142 Å². The smallest absolute Gasteiger partial charge is 0.244 e. The Morgan fingerprint density at radius 2 is 1.71 bits per heavy atom. The monoisotopic (exact) mass is 322 g/mol. The number of anilines is 1. The van der Waals surface area contributed by atoms with Gasteiger partial charge in [-0.15, -0.1) is 0 Å². The zero-order valence-electron chi connectivity index (χ0n) is 14.2. The third kappa shape index (κ3) is 5.09. The molecule has 0 bridgehead atoms. The molecule has 0 fully saturated rings. The minimum atomic E-state index is -0.142. The number of rotatable bonds is 5. The second-order valence-corrected chi connectivity index (χ2v) is 5.72. The van der Waals surface area contributed by atoms with Gasteiger partial charge in [-0.3, -0.25) is 9.59 Å². The fourth-order valence-corrected chi connectivity index (χ4v) is 2.46. The number of benzene rings is 2. The molecule has 0 saturated heterocycles.